The van der Waals surface area contributed by atoms with Crippen LogP contribution in [0.15, 0.2) is 12.1 Å². The summed E-state index contributed by atoms with van der Waals surface area (Å²) < 4.78 is 11.8. The van der Waals surface area contributed by atoms with Crippen molar-refractivity contribution in [3.05, 3.63) is 22.7 Å². The van der Waals surface area contributed by atoms with Crippen LogP contribution < -0.4 is 9.47 Å². The van der Waals surface area contributed by atoms with Crippen LogP contribution in [-0.2, 0) is 4.79 Å². The molecule has 3 aliphatic rings. The molecule has 0 saturated heterocycles. The van der Waals surface area contributed by atoms with Crippen LogP contribution in [0.4, 0.5) is 0 Å². The van der Waals surface area contributed by atoms with E-state index >= 15 is 0 Å². The van der Waals surface area contributed by atoms with Gasteiger partial charge in [0.2, 0.25) is 0 Å². The fourth-order valence-corrected chi connectivity index (χ4v) is 3.60. The van der Waals surface area contributed by atoms with Gasteiger partial charge in [-0.3, -0.25) is 4.79 Å². The minimum absolute atomic E-state index is 0.0261. The van der Waals surface area contributed by atoms with Gasteiger partial charge in [0, 0.05) is 23.9 Å². The summed E-state index contributed by atoms with van der Waals surface area (Å²) in [6, 6.07) is 3.69. The highest BCUT2D eigenvalue weighted by Gasteiger charge is 2.47. The van der Waals surface area contributed by atoms with E-state index in [-0.39, 0.29) is 12.3 Å². The van der Waals surface area contributed by atoms with Crippen LogP contribution in [0.5, 0.6) is 11.5 Å². The molecule has 21 heavy (non-hydrogen) atoms. The van der Waals surface area contributed by atoms with Crippen molar-refractivity contribution in [1.82, 2.24) is 0 Å². The molecule has 1 aliphatic heterocycles. The Bertz CT molecular complexity index is 605. The van der Waals surface area contributed by atoms with Crippen molar-refractivity contribution >= 4 is 17.6 Å². The maximum atomic E-state index is 11.1. The van der Waals surface area contributed by atoms with Gasteiger partial charge in [-0.15, -0.1) is 0 Å². The quantitative estimate of drug-likeness (QED) is 0.914. The van der Waals surface area contributed by atoms with E-state index in [0.29, 0.717) is 22.4 Å². The average Bonchev–Trinajstić information content (AvgIpc) is 3.14. The number of aliphatic carboxylic acids is 1. The molecule has 2 saturated carbocycles. The molecule has 112 valence electrons. The molecule has 4 rings (SSSR count). The van der Waals surface area contributed by atoms with Gasteiger partial charge in [-0.05, 0) is 42.7 Å². The number of carbonyl (C=O) groups is 1. The highest BCUT2D eigenvalue weighted by molar-refractivity contribution is 6.31. The third-order valence-corrected chi connectivity index (χ3v) is 5.08. The zero-order chi connectivity index (χ0) is 14.6. The maximum Gasteiger partial charge on any atom is 0.303 e. The third-order valence-electron chi connectivity index (χ3n) is 4.76. The van der Waals surface area contributed by atoms with Gasteiger partial charge in [0.1, 0.15) is 0 Å². The second-order valence-corrected chi connectivity index (χ2v) is 6.74. The van der Waals surface area contributed by atoms with Crippen molar-refractivity contribution in [2.75, 3.05) is 0 Å². The summed E-state index contributed by atoms with van der Waals surface area (Å²) in [5, 5.41) is 9.73. The summed E-state index contributed by atoms with van der Waals surface area (Å²) in [7, 11) is 0. The standard InChI is InChI=1S/C16H17ClO4/c17-12-8-14-13(20-16(21-14)4-1-5-16)6-11(12)10(7-15(18)19)9-2-3-9/h6,8-10H,1-5,7H2,(H,18,19). The monoisotopic (exact) mass is 308 g/mol. The second-order valence-electron chi connectivity index (χ2n) is 6.33. The molecule has 1 unspecified atom stereocenters. The lowest BCUT2D eigenvalue weighted by Gasteiger charge is -2.35. The fourth-order valence-electron chi connectivity index (χ4n) is 3.30. The van der Waals surface area contributed by atoms with Crippen LogP contribution in [0.3, 0.4) is 0 Å². The predicted molar refractivity (Wildman–Crippen MR) is 77.0 cm³/mol. The van der Waals surface area contributed by atoms with E-state index in [1.807, 2.05) is 6.07 Å². The lowest BCUT2D eigenvalue weighted by molar-refractivity contribution is -0.139. The smallest absolute Gasteiger partial charge is 0.303 e. The van der Waals surface area contributed by atoms with Gasteiger partial charge in [0.25, 0.3) is 5.79 Å². The van der Waals surface area contributed by atoms with Crippen molar-refractivity contribution < 1.29 is 19.4 Å². The Balaban J connectivity index is 1.67. The zero-order valence-corrected chi connectivity index (χ0v) is 12.4. The molecule has 0 amide bonds. The number of carboxylic acid groups (broad SMARTS) is 1. The number of hydrogen-bond acceptors (Lipinski definition) is 3. The molecule has 2 fully saturated rings. The maximum absolute atomic E-state index is 11.1. The Hall–Kier alpha value is -1.42. The van der Waals surface area contributed by atoms with Gasteiger partial charge in [-0.2, -0.15) is 0 Å². The Morgan fingerprint density at radius 2 is 2.00 bits per heavy atom. The molecule has 1 aromatic carbocycles. The SMILES string of the molecule is O=C(O)CC(c1cc2c(cc1Cl)OC1(CCC1)O2)C1CC1. The van der Waals surface area contributed by atoms with Gasteiger partial charge in [-0.1, -0.05) is 11.6 Å². The molecule has 0 radical (unpaired) electrons. The summed E-state index contributed by atoms with van der Waals surface area (Å²) in [6.07, 6.45) is 5.18. The van der Waals surface area contributed by atoms with E-state index in [4.69, 9.17) is 26.2 Å². The van der Waals surface area contributed by atoms with E-state index in [1.165, 1.54) is 0 Å². The first-order valence-corrected chi connectivity index (χ1v) is 7.87. The Kier molecular flexibility index (Phi) is 2.86. The minimum Gasteiger partial charge on any atom is -0.481 e. The summed E-state index contributed by atoms with van der Waals surface area (Å²) in [6.45, 7) is 0. The topological polar surface area (TPSA) is 55.8 Å². The van der Waals surface area contributed by atoms with Gasteiger partial charge < -0.3 is 14.6 Å². The molecule has 5 heteroatoms. The van der Waals surface area contributed by atoms with Crippen molar-refractivity contribution in [3.8, 4) is 11.5 Å². The number of benzene rings is 1. The van der Waals surface area contributed by atoms with E-state index in [0.717, 1.165) is 37.7 Å². The Morgan fingerprint density at radius 1 is 1.33 bits per heavy atom. The third kappa shape index (κ3) is 2.26. The molecular formula is C16H17ClO4. The van der Waals surface area contributed by atoms with Crippen LogP contribution in [0.2, 0.25) is 5.02 Å². The van der Waals surface area contributed by atoms with Crippen molar-refractivity contribution in [1.29, 1.82) is 0 Å². The predicted octanol–water partition coefficient (Wildman–Crippen LogP) is 3.96. The molecule has 1 atom stereocenters. The number of fused-ring (bicyclic) bond motifs is 1. The van der Waals surface area contributed by atoms with Gasteiger partial charge >= 0.3 is 5.97 Å². The minimum atomic E-state index is -0.781. The summed E-state index contributed by atoms with van der Waals surface area (Å²) >= 11 is 6.38. The second kappa shape index (κ2) is 4.54. The molecule has 0 bridgehead atoms. The van der Waals surface area contributed by atoms with Crippen molar-refractivity contribution in [2.45, 2.75) is 50.2 Å². The lowest BCUT2D eigenvalue weighted by Crippen LogP contribution is -2.45. The van der Waals surface area contributed by atoms with Crippen LogP contribution in [0, 0.1) is 5.92 Å². The molecule has 1 spiro atoms. The Labute approximate surface area is 128 Å². The molecule has 0 aromatic heterocycles. The molecule has 4 nitrogen and oxygen atoms in total. The molecule has 1 aromatic rings. The Morgan fingerprint density at radius 3 is 2.52 bits per heavy atom. The van der Waals surface area contributed by atoms with E-state index in [9.17, 15) is 4.79 Å². The van der Waals surface area contributed by atoms with Crippen LogP contribution in [-0.4, -0.2) is 16.9 Å². The van der Waals surface area contributed by atoms with Gasteiger partial charge in [0.05, 0.1) is 6.42 Å². The fraction of sp³-hybridized carbons (Fsp3) is 0.562. The van der Waals surface area contributed by atoms with Crippen LogP contribution >= 0.6 is 11.6 Å². The normalized spacial score (nSPS) is 22.9. The van der Waals surface area contributed by atoms with E-state index < -0.39 is 11.8 Å². The number of hydrogen-bond donors (Lipinski definition) is 1. The van der Waals surface area contributed by atoms with Crippen molar-refractivity contribution in [3.63, 3.8) is 0 Å². The molecular weight excluding hydrogens is 292 g/mol. The number of carboxylic acids is 1. The molecule has 2 aliphatic carbocycles. The van der Waals surface area contributed by atoms with Crippen LogP contribution in [0.1, 0.15) is 50.0 Å². The van der Waals surface area contributed by atoms with E-state index in [1.54, 1.807) is 6.07 Å². The van der Waals surface area contributed by atoms with Gasteiger partial charge in [-0.25, -0.2) is 0 Å². The molecule has 1 heterocycles. The van der Waals surface area contributed by atoms with Gasteiger partial charge in [0.15, 0.2) is 11.5 Å². The average molecular weight is 309 g/mol. The van der Waals surface area contributed by atoms with Crippen molar-refractivity contribution in [2.24, 2.45) is 5.92 Å². The number of ether oxygens (including phenoxy) is 2. The lowest BCUT2D eigenvalue weighted by atomic mass is 9.90. The highest BCUT2D eigenvalue weighted by Crippen LogP contribution is 2.53. The van der Waals surface area contributed by atoms with E-state index in [2.05, 4.69) is 0 Å². The first-order valence-electron chi connectivity index (χ1n) is 7.50. The highest BCUT2D eigenvalue weighted by atomic mass is 35.5. The summed E-state index contributed by atoms with van der Waals surface area (Å²) in [4.78, 5) is 11.1. The first kappa shape index (κ1) is 13.3. The number of halogens is 1. The number of rotatable bonds is 4. The largest absolute Gasteiger partial charge is 0.481 e. The summed E-state index contributed by atoms with van der Waals surface area (Å²) in [5.41, 5.74) is 0.889. The zero-order valence-electron chi connectivity index (χ0n) is 11.6. The summed E-state index contributed by atoms with van der Waals surface area (Å²) in [5.74, 6) is 0.541. The van der Waals surface area contributed by atoms with Crippen LogP contribution in [0.25, 0.3) is 0 Å². The molecule has 1 N–H and O–H groups in total. The first-order chi connectivity index (χ1) is 10.1.